The number of carbonyl (C=O) groups excluding carboxylic acids is 1. The van der Waals surface area contributed by atoms with E-state index < -0.39 is 0 Å². The minimum absolute atomic E-state index is 0.0401. The Labute approximate surface area is 117 Å². The number of ether oxygens (including phenoxy) is 1. The van der Waals surface area contributed by atoms with Crippen molar-refractivity contribution in [3.05, 3.63) is 0 Å². The maximum absolute atomic E-state index is 11.7. The summed E-state index contributed by atoms with van der Waals surface area (Å²) in [4.78, 5) is 14.1. The molecule has 1 aliphatic heterocycles. The third-order valence-corrected chi connectivity index (χ3v) is 3.60. The molecular weight excluding hydrogens is 242 g/mol. The van der Waals surface area contributed by atoms with Crippen molar-refractivity contribution in [3.63, 3.8) is 0 Å². The van der Waals surface area contributed by atoms with Crippen molar-refractivity contribution in [2.24, 2.45) is 0 Å². The first-order valence-corrected chi connectivity index (χ1v) is 7.17. The van der Waals surface area contributed by atoms with Gasteiger partial charge in [-0.2, -0.15) is 0 Å². The molecule has 2 atom stereocenters. The van der Waals surface area contributed by atoms with Gasteiger partial charge in [0.05, 0.1) is 12.2 Å². The normalized spacial score (nSPS) is 25.3. The summed E-state index contributed by atoms with van der Waals surface area (Å²) >= 11 is 0. The molecule has 1 rings (SSSR count). The summed E-state index contributed by atoms with van der Waals surface area (Å²) in [6, 6.07) is 0. The van der Waals surface area contributed by atoms with Gasteiger partial charge in [0.25, 0.3) is 0 Å². The Morgan fingerprint density at radius 1 is 1.32 bits per heavy atom. The van der Waals surface area contributed by atoms with Crippen LogP contribution in [0, 0.1) is 0 Å². The fraction of sp³-hybridized carbons (Fsp3) is 0.929. The van der Waals surface area contributed by atoms with Gasteiger partial charge in [-0.1, -0.05) is 0 Å². The van der Waals surface area contributed by atoms with Crippen molar-refractivity contribution in [1.29, 1.82) is 0 Å². The second-order valence-electron chi connectivity index (χ2n) is 6.11. The number of carbonyl (C=O) groups is 1. The average Bonchev–Trinajstić information content (AvgIpc) is 2.32. The van der Waals surface area contributed by atoms with Crippen LogP contribution in [0.15, 0.2) is 0 Å². The van der Waals surface area contributed by atoms with Crippen LogP contribution in [0.2, 0.25) is 0 Å². The van der Waals surface area contributed by atoms with Crippen molar-refractivity contribution >= 4 is 5.91 Å². The van der Waals surface area contributed by atoms with Gasteiger partial charge in [0.15, 0.2) is 0 Å². The van der Waals surface area contributed by atoms with E-state index >= 15 is 0 Å². The average molecular weight is 271 g/mol. The second-order valence-corrected chi connectivity index (χ2v) is 6.11. The molecule has 0 aromatic heterocycles. The molecule has 19 heavy (non-hydrogen) atoms. The zero-order valence-electron chi connectivity index (χ0n) is 13.0. The van der Waals surface area contributed by atoms with Gasteiger partial charge in [0.2, 0.25) is 5.91 Å². The summed E-state index contributed by atoms with van der Waals surface area (Å²) in [5.74, 6) is 0.108. The topological polar surface area (TPSA) is 53.6 Å². The van der Waals surface area contributed by atoms with E-state index in [2.05, 4.69) is 43.2 Å². The Hall–Kier alpha value is -0.650. The number of morpholine rings is 1. The van der Waals surface area contributed by atoms with Crippen LogP contribution in [0.5, 0.6) is 0 Å². The molecule has 0 saturated carbocycles. The Balaban J connectivity index is 2.43. The van der Waals surface area contributed by atoms with Gasteiger partial charge in [-0.15, -0.1) is 0 Å². The fourth-order valence-electron chi connectivity index (χ4n) is 2.43. The molecular formula is C14H29N3O2. The van der Waals surface area contributed by atoms with Crippen molar-refractivity contribution in [3.8, 4) is 0 Å². The molecule has 1 saturated heterocycles. The SMILES string of the molecule is CNCCC(=O)NCC(C)(C)N1CC(C)OC(C)C1. The summed E-state index contributed by atoms with van der Waals surface area (Å²) in [6.07, 6.45) is 1.04. The third-order valence-electron chi connectivity index (χ3n) is 3.60. The molecule has 2 unspecified atom stereocenters. The highest BCUT2D eigenvalue weighted by atomic mass is 16.5. The number of rotatable bonds is 6. The van der Waals surface area contributed by atoms with E-state index in [0.717, 1.165) is 19.6 Å². The van der Waals surface area contributed by atoms with Crippen molar-refractivity contribution in [2.45, 2.75) is 51.9 Å². The maximum Gasteiger partial charge on any atom is 0.221 e. The first-order chi connectivity index (χ1) is 8.85. The number of nitrogens with one attached hydrogen (secondary N) is 2. The summed E-state index contributed by atoms with van der Waals surface area (Å²) in [6.45, 7) is 11.8. The smallest absolute Gasteiger partial charge is 0.221 e. The van der Waals surface area contributed by atoms with Gasteiger partial charge in [0.1, 0.15) is 0 Å². The molecule has 1 fully saturated rings. The second kappa shape index (κ2) is 7.22. The van der Waals surface area contributed by atoms with E-state index in [1.54, 1.807) is 0 Å². The highest BCUT2D eigenvalue weighted by Crippen LogP contribution is 2.20. The number of nitrogens with zero attached hydrogens (tertiary/aromatic N) is 1. The molecule has 0 aromatic rings. The lowest BCUT2D eigenvalue weighted by Gasteiger charge is -2.45. The fourth-order valence-corrected chi connectivity index (χ4v) is 2.43. The van der Waals surface area contributed by atoms with E-state index in [9.17, 15) is 4.79 Å². The van der Waals surface area contributed by atoms with Crippen LogP contribution < -0.4 is 10.6 Å². The third kappa shape index (κ3) is 5.47. The largest absolute Gasteiger partial charge is 0.373 e. The summed E-state index contributed by atoms with van der Waals surface area (Å²) < 4.78 is 5.75. The van der Waals surface area contributed by atoms with Crippen molar-refractivity contribution in [2.75, 3.05) is 33.2 Å². The molecule has 5 heteroatoms. The molecule has 2 N–H and O–H groups in total. The molecule has 0 spiro atoms. The van der Waals surface area contributed by atoms with Gasteiger partial charge in [-0.25, -0.2) is 0 Å². The lowest BCUT2D eigenvalue weighted by molar-refractivity contribution is -0.122. The van der Waals surface area contributed by atoms with Crippen LogP contribution in [0.4, 0.5) is 0 Å². The zero-order valence-corrected chi connectivity index (χ0v) is 13.0. The predicted molar refractivity (Wildman–Crippen MR) is 77.2 cm³/mol. The van der Waals surface area contributed by atoms with Gasteiger partial charge < -0.3 is 15.4 Å². The summed E-state index contributed by atoms with van der Waals surface area (Å²) in [7, 11) is 1.85. The summed E-state index contributed by atoms with van der Waals surface area (Å²) in [5.41, 5.74) is -0.0401. The number of hydrogen-bond donors (Lipinski definition) is 2. The Morgan fingerprint density at radius 3 is 2.42 bits per heavy atom. The molecule has 1 aliphatic rings. The van der Waals surface area contributed by atoms with E-state index in [4.69, 9.17) is 4.74 Å². The van der Waals surface area contributed by atoms with Gasteiger partial charge in [-0.3, -0.25) is 9.69 Å². The monoisotopic (exact) mass is 271 g/mol. The molecule has 0 aromatic carbocycles. The zero-order chi connectivity index (χ0) is 14.5. The molecule has 0 aliphatic carbocycles. The molecule has 1 heterocycles. The lowest BCUT2D eigenvalue weighted by Crippen LogP contribution is -2.58. The number of amides is 1. The van der Waals surface area contributed by atoms with Crippen molar-refractivity contribution in [1.82, 2.24) is 15.5 Å². The Kier molecular flexibility index (Phi) is 6.23. The highest BCUT2D eigenvalue weighted by molar-refractivity contribution is 5.76. The first-order valence-electron chi connectivity index (χ1n) is 7.17. The predicted octanol–water partition coefficient (Wildman–Crippen LogP) is 0.600. The lowest BCUT2D eigenvalue weighted by atomic mass is 10.00. The maximum atomic E-state index is 11.7. The quantitative estimate of drug-likeness (QED) is 0.743. The highest BCUT2D eigenvalue weighted by Gasteiger charge is 2.33. The van der Waals surface area contributed by atoms with Crippen LogP contribution in [0.1, 0.15) is 34.1 Å². The minimum atomic E-state index is -0.0401. The molecule has 5 nitrogen and oxygen atoms in total. The van der Waals surface area contributed by atoms with E-state index in [1.807, 2.05) is 7.05 Å². The Morgan fingerprint density at radius 2 is 1.89 bits per heavy atom. The van der Waals surface area contributed by atoms with Crippen molar-refractivity contribution < 1.29 is 9.53 Å². The van der Waals surface area contributed by atoms with Gasteiger partial charge in [-0.05, 0) is 34.7 Å². The van der Waals surface area contributed by atoms with Gasteiger partial charge >= 0.3 is 0 Å². The van der Waals surface area contributed by atoms with Gasteiger partial charge in [0, 0.05) is 38.1 Å². The van der Waals surface area contributed by atoms with Crippen LogP contribution in [0.25, 0.3) is 0 Å². The summed E-state index contributed by atoms with van der Waals surface area (Å²) in [5, 5.41) is 6.01. The van der Waals surface area contributed by atoms with Crippen LogP contribution in [-0.2, 0) is 9.53 Å². The van der Waals surface area contributed by atoms with E-state index in [1.165, 1.54) is 0 Å². The minimum Gasteiger partial charge on any atom is -0.373 e. The van der Waals surface area contributed by atoms with Crippen LogP contribution >= 0.6 is 0 Å². The number of hydrogen-bond acceptors (Lipinski definition) is 4. The Bertz CT molecular complexity index is 284. The van der Waals surface area contributed by atoms with Crippen LogP contribution in [0.3, 0.4) is 0 Å². The van der Waals surface area contributed by atoms with E-state index in [0.29, 0.717) is 13.0 Å². The molecule has 0 radical (unpaired) electrons. The van der Waals surface area contributed by atoms with E-state index in [-0.39, 0.29) is 23.7 Å². The van der Waals surface area contributed by atoms with Crippen LogP contribution in [-0.4, -0.2) is 61.8 Å². The molecule has 1 amide bonds. The standard InChI is InChI=1S/C14H29N3O2/c1-11-8-17(9-12(2)19-11)14(3,4)10-16-13(18)6-7-15-5/h11-12,15H,6-10H2,1-5H3,(H,16,18). The first kappa shape index (κ1) is 16.4. The molecule has 112 valence electrons. The molecule has 0 bridgehead atoms.